The highest BCUT2D eigenvalue weighted by Crippen LogP contribution is 2.35. The third kappa shape index (κ3) is 9.00. The SMILES string of the molecule is COCCCN1CCOc2ccc(COC3CN(C(=O)O)CCC3c3ccc(OCCNCC4CCCCC4)cc3)cc21. The number of rotatable bonds is 14. The average molecular weight is 596 g/mol. The quantitative estimate of drug-likeness (QED) is 0.276. The predicted molar refractivity (Wildman–Crippen MR) is 168 cm³/mol. The summed E-state index contributed by atoms with van der Waals surface area (Å²) >= 11 is 0. The molecule has 0 spiro atoms. The molecule has 9 nitrogen and oxygen atoms in total. The van der Waals surface area contributed by atoms with Crippen LogP contribution in [0.4, 0.5) is 10.5 Å². The minimum absolute atomic E-state index is 0.105. The zero-order valence-corrected chi connectivity index (χ0v) is 25.7. The van der Waals surface area contributed by atoms with Crippen LogP contribution in [0, 0.1) is 5.92 Å². The molecule has 2 N–H and O–H groups in total. The summed E-state index contributed by atoms with van der Waals surface area (Å²) in [6.07, 6.45) is 7.35. The van der Waals surface area contributed by atoms with Crippen LogP contribution in [0.3, 0.4) is 0 Å². The highest BCUT2D eigenvalue weighted by molar-refractivity contribution is 5.65. The second-order valence-corrected chi connectivity index (χ2v) is 12.1. The normalized spacial score (nSPS) is 20.9. The van der Waals surface area contributed by atoms with Crippen LogP contribution in [0.5, 0.6) is 11.5 Å². The van der Waals surface area contributed by atoms with Gasteiger partial charge in [-0.25, -0.2) is 4.79 Å². The van der Waals surface area contributed by atoms with E-state index >= 15 is 0 Å². The molecule has 2 unspecified atom stereocenters. The van der Waals surface area contributed by atoms with Crippen molar-refractivity contribution in [2.24, 2.45) is 5.92 Å². The number of piperidine rings is 1. The average Bonchev–Trinajstić information content (AvgIpc) is 3.04. The smallest absolute Gasteiger partial charge is 0.407 e. The molecule has 2 aromatic carbocycles. The Kier molecular flexibility index (Phi) is 11.8. The largest absolute Gasteiger partial charge is 0.492 e. The van der Waals surface area contributed by atoms with Crippen LogP contribution in [0.2, 0.25) is 0 Å². The summed E-state index contributed by atoms with van der Waals surface area (Å²) in [7, 11) is 1.73. The summed E-state index contributed by atoms with van der Waals surface area (Å²) in [6, 6.07) is 14.5. The lowest BCUT2D eigenvalue weighted by Gasteiger charge is -2.37. The Labute approximate surface area is 256 Å². The van der Waals surface area contributed by atoms with E-state index in [0.29, 0.717) is 39.3 Å². The van der Waals surface area contributed by atoms with E-state index in [0.717, 1.165) is 73.4 Å². The van der Waals surface area contributed by atoms with E-state index in [2.05, 4.69) is 28.4 Å². The fraction of sp³-hybridized carbons (Fsp3) is 0.618. The van der Waals surface area contributed by atoms with Crippen LogP contribution in [-0.4, -0.2) is 88.4 Å². The van der Waals surface area contributed by atoms with E-state index in [4.69, 9.17) is 18.9 Å². The number of nitrogens with zero attached hydrogens (tertiary/aromatic N) is 2. The first-order chi connectivity index (χ1) is 21.1. The second kappa shape index (κ2) is 16.2. The van der Waals surface area contributed by atoms with Gasteiger partial charge in [-0.1, -0.05) is 37.5 Å². The van der Waals surface area contributed by atoms with Gasteiger partial charge in [0.25, 0.3) is 0 Å². The number of carboxylic acid groups (broad SMARTS) is 1. The third-order valence-electron chi connectivity index (χ3n) is 9.07. The number of amides is 1. The summed E-state index contributed by atoms with van der Waals surface area (Å²) < 4.78 is 23.6. The number of likely N-dealkylation sites (tertiary alicyclic amines) is 1. The summed E-state index contributed by atoms with van der Waals surface area (Å²) in [5.74, 6) is 2.67. The lowest BCUT2D eigenvalue weighted by atomic mass is 9.87. The number of hydrogen-bond donors (Lipinski definition) is 2. The van der Waals surface area contributed by atoms with Gasteiger partial charge >= 0.3 is 6.09 Å². The molecular formula is C34H49N3O6. The van der Waals surface area contributed by atoms with Crippen molar-refractivity contribution in [3.63, 3.8) is 0 Å². The van der Waals surface area contributed by atoms with Gasteiger partial charge < -0.3 is 39.2 Å². The maximum atomic E-state index is 11.8. The Hall–Kier alpha value is -3.01. The molecule has 2 aromatic rings. The number of ether oxygens (including phenoxy) is 4. The maximum absolute atomic E-state index is 11.8. The molecule has 2 heterocycles. The summed E-state index contributed by atoms with van der Waals surface area (Å²) in [6.45, 7) is 6.98. The Morgan fingerprint density at radius 3 is 2.67 bits per heavy atom. The molecule has 1 saturated heterocycles. The van der Waals surface area contributed by atoms with E-state index in [-0.39, 0.29) is 12.0 Å². The Morgan fingerprint density at radius 2 is 1.88 bits per heavy atom. The Morgan fingerprint density at radius 1 is 1.05 bits per heavy atom. The Balaban J connectivity index is 1.16. The summed E-state index contributed by atoms with van der Waals surface area (Å²) in [4.78, 5) is 15.6. The lowest BCUT2D eigenvalue weighted by Crippen LogP contribution is -2.46. The molecule has 1 aliphatic carbocycles. The summed E-state index contributed by atoms with van der Waals surface area (Å²) in [5.41, 5.74) is 3.28. The van der Waals surface area contributed by atoms with Crippen molar-refractivity contribution < 1.29 is 28.8 Å². The first-order valence-electron chi connectivity index (χ1n) is 16.1. The molecule has 2 fully saturated rings. The highest BCUT2D eigenvalue weighted by atomic mass is 16.5. The Bertz CT molecular complexity index is 1140. The molecule has 5 rings (SSSR count). The molecule has 2 atom stereocenters. The van der Waals surface area contributed by atoms with Crippen LogP contribution in [-0.2, 0) is 16.1 Å². The standard InChI is InChI=1S/C34H49N3O6/c1-40-19-5-16-36-18-21-42-32-13-8-27(22-31(32)36)25-43-33-24-37(34(38)39)17-14-30(33)28-9-11-29(12-10-28)41-20-15-35-23-26-6-3-2-4-7-26/h8-13,22,26,30,33,35H,2-7,14-21,23-25H2,1H3,(H,38,39). The van der Waals surface area contributed by atoms with Gasteiger partial charge in [0.1, 0.15) is 24.7 Å². The number of benzene rings is 2. The van der Waals surface area contributed by atoms with E-state index in [9.17, 15) is 9.90 Å². The zero-order chi connectivity index (χ0) is 29.9. The maximum Gasteiger partial charge on any atom is 0.407 e. The zero-order valence-electron chi connectivity index (χ0n) is 25.7. The molecule has 0 aromatic heterocycles. The van der Waals surface area contributed by atoms with Crippen molar-refractivity contribution in [1.82, 2.24) is 10.2 Å². The number of methoxy groups -OCH3 is 1. The van der Waals surface area contributed by atoms with Crippen LogP contribution in [0.1, 0.15) is 62.0 Å². The van der Waals surface area contributed by atoms with Gasteiger partial charge in [0.05, 0.1) is 31.5 Å². The van der Waals surface area contributed by atoms with Crippen LogP contribution in [0.15, 0.2) is 42.5 Å². The molecule has 3 aliphatic rings. The molecule has 43 heavy (non-hydrogen) atoms. The molecule has 1 amide bonds. The highest BCUT2D eigenvalue weighted by Gasteiger charge is 2.33. The van der Waals surface area contributed by atoms with Gasteiger partial charge in [-0.3, -0.25) is 0 Å². The minimum Gasteiger partial charge on any atom is -0.492 e. The molecule has 236 valence electrons. The molecule has 0 radical (unpaired) electrons. The number of fused-ring (bicyclic) bond motifs is 1. The van der Waals surface area contributed by atoms with Gasteiger partial charge in [-0.15, -0.1) is 0 Å². The van der Waals surface area contributed by atoms with Crippen molar-refractivity contribution in [2.75, 3.05) is 71.1 Å². The van der Waals surface area contributed by atoms with E-state index in [1.807, 2.05) is 24.3 Å². The van der Waals surface area contributed by atoms with E-state index in [1.54, 1.807) is 7.11 Å². The number of anilines is 1. The molecule has 1 saturated carbocycles. The predicted octanol–water partition coefficient (Wildman–Crippen LogP) is 5.52. The van der Waals surface area contributed by atoms with E-state index in [1.165, 1.54) is 37.0 Å². The van der Waals surface area contributed by atoms with Gasteiger partial charge in [-0.2, -0.15) is 0 Å². The first kappa shape index (κ1) is 31.4. The van der Waals surface area contributed by atoms with Crippen molar-refractivity contribution >= 4 is 11.8 Å². The van der Waals surface area contributed by atoms with Crippen molar-refractivity contribution in [3.05, 3.63) is 53.6 Å². The first-order valence-corrected chi connectivity index (χ1v) is 16.1. The van der Waals surface area contributed by atoms with Crippen LogP contribution in [0.25, 0.3) is 0 Å². The van der Waals surface area contributed by atoms with Gasteiger partial charge in [0, 0.05) is 39.3 Å². The second-order valence-electron chi connectivity index (χ2n) is 12.1. The van der Waals surface area contributed by atoms with Gasteiger partial charge in [0.2, 0.25) is 0 Å². The van der Waals surface area contributed by atoms with Crippen LogP contribution < -0.4 is 19.7 Å². The number of hydrogen-bond acceptors (Lipinski definition) is 7. The monoisotopic (exact) mass is 595 g/mol. The van der Waals surface area contributed by atoms with E-state index < -0.39 is 6.09 Å². The topological polar surface area (TPSA) is 92.7 Å². The summed E-state index contributed by atoms with van der Waals surface area (Å²) in [5, 5.41) is 13.3. The van der Waals surface area contributed by atoms with Gasteiger partial charge in [-0.05, 0) is 73.5 Å². The fourth-order valence-corrected chi connectivity index (χ4v) is 6.63. The number of carbonyl (C=O) groups is 1. The lowest BCUT2D eigenvalue weighted by molar-refractivity contribution is -0.0199. The van der Waals surface area contributed by atoms with Crippen LogP contribution >= 0.6 is 0 Å². The fourth-order valence-electron chi connectivity index (χ4n) is 6.63. The molecular weight excluding hydrogens is 546 g/mol. The molecule has 9 heteroatoms. The van der Waals surface area contributed by atoms with Crippen molar-refractivity contribution in [3.8, 4) is 11.5 Å². The molecule has 0 bridgehead atoms. The number of nitrogens with one attached hydrogen (secondary N) is 1. The third-order valence-corrected chi connectivity index (χ3v) is 9.07. The minimum atomic E-state index is -0.898. The van der Waals surface area contributed by atoms with Crippen molar-refractivity contribution in [1.29, 1.82) is 0 Å². The van der Waals surface area contributed by atoms with Crippen molar-refractivity contribution in [2.45, 2.75) is 63.6 Å². The molecule has 2 aliphatic heterocycles. The van der Waals surface area contributed by atoms with Gasteiger partial charge in [0.15, 0.2) is 0 Å².